The van der Waals surface area contributed by atoms with Crippen LogP contribution in [0.4, 0.5) is 10.5 Å². The number of piperazine rings is 1. The van der Waals surface area contributed by atoms with Crippen LogP contribution in [-0.2, 0) is 20.9 Å². The Kier molecular flexibility index (Phi) is 10.7. The first-order valence-electron chi connectivity index (χ1n) is 14.3. The van der Waals surface area contributed by atoms with E-state index in [0.717, 1.165) is 63.2 Å². The number of ether oxygens (including phenoxy) is 1. The summed E-state index contributed by atoms with van der Waals surface area (Å²) in [6.45, 7) is 16.0. The Bertz CT molecular complexity index is 1010. The van der Waals surface area contributed by atoms with E-state index < -0.39 is 5.60 Å². The van der Waals surface area contributed by atoms with Crippen molar-refractivity contribution >= 4 is 29.5 Å². The minimum atomic E-state index is -0.439. The topological polar surface area (TPSA) is 111 Å². The lowest BCUT2D eigenvalue weighted by molar-refractivity contribution is -0.132. The zero-order valence-corrected chi connectivity index (χ0v) is 24.2. The summed E-state index contributed by atoms with van der Waals surface area (Å²) < 4.78 is 5.50. The molecule has 0 bridgehead atoms. The lowest BCUT2D eigenvalue weighted by Crippen LogP contribution is -2.54. The second-order valence-electron chi connectivity index (χ2n) is 11.1. The minimum absolute atomic E-state index is 0.0362. The van der Waals surface area contributed by atoms with Gasteiger partial charge >= 0.3 is 6.09 Å². The van der Waals surface area contributed by atoms with E-state index in [0.29, 0.717) is 31.8 Å². The van der Waals surface area contributed by atoms with Crippen LogP contribution >= 0.6 is 0 Å². The number of anilines is 1. The molecular formula is C29H45N5O5. The maximum absolute atomic E-state index is 12.3. The van der Waals surface area contributed by atoms with Crippen LogP contribution < -0.4 is 15.5 Å². The van der Waals surface area contributed by atoms with Gasteiger partial charge in [0.1, 0.15) is 5.60 Å². The smallest absolute Gasteiger partial charge is 0.410 e. The fraction of sp³-hybridized carbons (Fsp3) is 0.655. The second kappa shape index (κ2) is 13.8. The van der Waals surface area contributed by atoms with Gasteiger partial charge in [-0.2, -0.15) is 0 Å². The number of hydrogen-bond acceptors (Lipinski definition) is 7. The van der Waals surface area contributed by atoms with Crippen molar-refractivity contribution in [2.75, 3.05) is 44.2 Å². The highest BCUT2D eigenvalue weighted by molar-refractivity contribution is 5.98. The van der Waals surface area contributed by atoms with Crippen molar-refractivity contribution in [3.05, 3.63) is 29.3 Å². The zero-order valence-electron chi connectivity index (χ0n) is 24.2. The molecule has 0 spiro atoms. The van der Waals surface area contributed by atoms with Crippen molar-refractivity contribution in [1.82, 2.24) is 20.4 Å². The quantitative estimate of drug-likeness (QED) is 0.551. The lowest BCUT2D eigenvalue weighted by Gasteiger charge is -2.43. The highest BCUT2D eigenvalue weighted by Crippen LogP contribution is 2.26. The molecule has 10 nitrogen and oxygen atoms in total. The van der Waals surface area contributed by atoms with Crippen LogP contribution in [-0.4, -0.2) is 84.5 Å². The number of imide groups is 1. The van der Waals surface area contributed by atoms with Crippen molar-refractivity contribution in [3.63, 3.8) is 0 Å². The maximum Gasteiger partial charge on any atom is 0.410 e. The van der Waals surface area contributed by atoms with Crippen LogP contribution in [0.2, 0.25) is 0 Å². The first kappa shape index (κ1) is 30.4. The Balaban J connectivity index is 0.000000357. The van der Waals surface area contributed by atoms with Crippen molar-refractivity contribution in [1.29, 1.82) is 0 Å². The molecule has 4 aliphatic rings. The standard InChI is InChI=1S/C22H32N4O3.C5H7NO2.C2H6/c1-22(2,3)29-21(28)26-8-6-17(7-9-26)24-10-12-25(13-11-24)18-4-5-19-16(14-18)15-23-20(19)27;7-4-2-1-3-5(8)6-4;1-2/h4-5,14,17H,6-13,15H2,1-3H3,(H,23,27);1-3H2,(H,6,7,8);1-2H3. The summed E-state index contributed by atoms with van der Waals surface area (Å²) in [5, 5.41) is 5.09. The molecule has 0 saturated carbocycles. The van der Waals surface area contributed by atoms with Crippen LogP contribution in [0.5, 0.6) is 0 Å². The summed E-state index contributed by atoms with van der Waals surface area (Å²) in [7, 11) is 0. The van der Waals surface area contributed by atoms with Crippen molar-refractivity contribution in [3.8, 4) is 0 Å². The molecule has 0 unspecified atom stereocenters. The molecule has 0 aliphatic carbocycles. The summed E-state index contributed by atoms with van der Waals surface area (Å²) in [5.41, 5.74) is 2.68. The van der Waals surface area contributed by atoms with Gasteiger partial charge in [0, 0.05) is 75.9 Å². The summed E-state index contributed by atoms with van der Waals surface area (Å²) in [4.78, 5) is 51.5. The highest BCUT2D eigenvalue weighted by atomic mass is 16.6. The van der Waals surface area contributed by atoms with Gasteiger partial charge in [0.25, 0.3) is 5.91 Å². The molecule has 39 heavy (non-hydrogen) atoms. The molecule has 4 amide bonds. The van der Waals surface area contributed by atoms with Crippen LogP contribution in [0.3, 0.4) is 0 Å². The van der Waals surface area contributed by atoms with Gasteiger partial charge in [0.05, 0.1) is 0 Å². The molecule has 4 heterocycles. The van der Waals surface area contributed by atoms with Crippen LogP contribution in [0.1, 0.15) is 82.6 Å². The van der Waals surface area contributed by atoms with E-state index in [1.54, 1.807) is 0 Å². The van der Waals surface area contributed by atoms with Gasteiger partial charge in [-0.3, -0.25) is 24.6 Å². The Morgan fingerprint density at radius 3 is 2.08 bits per heavy atom. The predicted molar refractivity (Wildman–Crippen MR) is 151 cm³/mol. The average Bonchev–Trinajstić information content (AvgIpc) is 3.29. The SMILES string of the molecule is CC.CC(C)(C)OC(=O)N1CCC(N2CCN(c3ccc4c(c3)CNC4=O)CC2)CC1.O=C1CCCC(=O)N1. The molecule has 4 aliphatic heterocycles. The molecule has 0 radical (unpaired) electrons. The number of nitrogens with one attached hydrogen (secondary N) is 2. The van der Waals surface area contributed by atoms with E-state index in [9.17, 15) is 19.2 Å². The molecule has 2 N–H and O–H groups in total. The molecule has 1 aromatic rings. The summed E-state index contributed by atoms with van der Waals surface area (Å²) >= 11 is 0. The molecule has 216 valence electrons. The van der Waals surface area contributed by atoms with E-state index in [2.05, 4.69) is 32.6 Å². The van der Waals surface area contributed by atoms with E-state index in [1.165, 1.54) is 5.69 Å². The number of piperidine rings is 2. The monoisotopic (exact) mass is 543 g/mol. The summed E-state index contributed by atoms with van der Waals surface area (Å²) in [5.74, 6) is -0.239. The normalized spacial score (nSPS) is 20.1. The van der Waals surface area contributed by atoms with Crippen LogP contribution in [0, 0.1) is 0 Å². The Hall–Kier alpha value is -3.14. The zero-order chi connectivity index (χ0) is 28.6. The van der Waals surface area contributed by atoms with Crippen LogP contribution in [0.15, 0.2) is 18.2 Å². The summed E-state index contributed by atoms with van der Waals surface area (Å²) in [6.07, 6.45) is 3.55. The molecule has 0 atom stereocenters. The Labute approximate surface area is 232 Å². The lowest BCUT2D eigenvalue weighted by atomic mass is 10.0. The fourth-order valence-corrected chi connectivity index (χ4v) is 5.19. The molecule has 3 saturated heterocycles. The molecule has 10 heteroatoms. The van der Waals surface area contributed by atoms with Crippen molar-refractivity contribution < 1.29 is 23.9 Å². The van der Waals surface area contributed by atoms with E-state index in [4.69, 9.17) is 4.74 Å². The molecule has 1 aromatic carbocycles. The average molecular weight is 544 g/mol. The molecule has 0 aromatic heterocycles. The van der Waals surface area contributed by atoms with Gasteiger partial charge < -0.3 is 19.9 Å². The molecule has 5 rings (SSSR count). The largest absolute Gasteiger partial charge is 0.444 e. The molecule has 3 fully saturated rings. The van der Waals surface area contributed by atoms with Gasteiger partial charge in [-0.05, 0) is 63.8 Å². The second-order valence-corrected chi connectivity index (χ2v) is 11.1. The third-order valence-corrected chi connectivity index (χ3v) is 7.17. The van der Waals surface area contributed by atoms with Gasteiger partial charge in [0.15, 0.2) is 0 Å². The number of carbonyl (C=O) groups excluding carboxylic acids is 4. The predicted octanol–water partition coefficient (Wildman–Crippen LogP) is 3.29. The number of amides is 4. The fourth-order valence-electron chi connectivity index (χ4n) is 5.19. The van der Waals surface area contributed by atoms with Crippen molar-refractivity contribution in [2.45, 2.75) is 84.9 Å². The maximum atomic E-state index is 12.3. The van der Waals surface area contributed by atoms with Gasteiger partial charge in [0.2, 0.25) is 11.8 Å². The number of hydrogen-bond donors (Lipinski definition) is 2. The Morgan fingerprint density at radius 1 is 0.923 bits per heavy atom. The van der Waals surface area contributed by atoms with Gasteiger partial charge in [-0.1, -0.05) is 13.8 Å². The Morgan fingerprint density at radius 2 is 1.54 bits per heavy atom. The first-order chi connectivity index (χ1) is 18.6. The number of nitrogens with zero attached hydrogens (tertiary/aromatic N) is 3. The molecular weight excluding hydrogens is 498 g/mol. The third kappa shape index (κ3) is 8.68. The van der Waals surface area contributed by atoms with Crippen LogP contribution in [0.25, 0.3) is 0 Å². The first-order valence-corrected chi connectivity index (χ1v) is 14.3. The van der Waals surface area contributed by atoms with E-state index >= 15 is 0 Å². The number of likely N-dealkylation sites (tertiary alicyclic amines) is 1. The highest BCUT2D eigenvalue weighted by Gasteiger charge is 2.31. The van der Waals surface area contributed by atoms with E-state index in [-0.39, 0.29) is 23.8 Å². The van der Waals surface area contributed by atoms with E-state index in [1.807, 2.05) is 45.6 Å². The van der Waals surface area contributed by atoms with Crippen molar-refractivity contribution in [2.24, 2.45) is 0 Å². The van der Waals surface area contributed by atoms with Gasteiger partial charge in [-0.25, -0.2) is 4.79 Å². The number of benzene rings is 1. The number of carbonyl (C=O) groups is 4. The number of rotatable bonds is 2. The third-order valence-electron chi connectivity index (χ3n) is 7.17. The number of fused-ring (bicyclic) bond motifs is 1. The minimum Gasteiger partial charge on any atom is -0.444 e. The summed E-state index contributed by atoms with van der Waals surface area (Å²) in [6, 6.07) is 6.71. The van der Waals surface area contributed by atoms with Gasteiger partial charge in [-0.15, -0.1) is 0 Å².